The molecule has 3 nitrogen and oxygen atoms in total. The van der Waals surface area contributed by atoms with Crippen LogP contribution in [0.25, 0.3) is 0 Å². The predicted molar refractivity (Wildman–Crippen MR) is 74.5 cm³/mol. The number of nitrogens with one attached hydrogen (secondary N) is 2. The highest BCUT2D eigenvalue weighted by Gasteiger charge is 2.34. The first-order chi connectivity index (χ1) is 8.74. The molecule has 104 valence electrons. The molecule has 2 saturated carbocycles. The second kappa shape index (κ2) is 6.55. The van der Waals surface area contributed by atoms with E-state index in [0.29, 0.717) is 12.6 Å². The molecule has 2 rings (SSSR count). The van der Waals surface area contributed by atoms with Crippen molar-refractivity contribution >= 4 is 5.91 Å². The average Bonchev–Trinajstić information content (AvgIpc) is 2.57. The van der Waals surface area contributed by atoms with Crippen molar-refractivity contribution in [1.29, 1.82) is 0 Å². The topological polar surface area (TPSA) is 41.1 Å². The molecule has 0 aromatic rings. The van der Waals surface area contributed by atoms with Crippen molar-refractivity contribution in [2.45, 2.75) is 82.7 Å². The number of amides is 1. The van der Waals surface area contributed by atoms with Gasteiger partial charge in [0.15, 0.2) is 0 Å². The molecule has 0 bridgehead atoms. The number of hydrogen-bond acceptors (Lipinski definition) is 2. The molecule has 18 heavy (non-hydrogen) atoms. The maximum atomic E-state index is 12.0. The van der Waals surface area contributed by atoms with Gasteiger partial charge < -0.3 is 10.6 Å². The molecule has 2 fully saturated rings. The summed E-state index contributed by atoms with van der Waals surface area (Å²) in [6, 6.07) is 0.431. The van der Waals surface area contributed by atoms with Gasteiger partial charge >= 0.3 is 0 Å². The summed E-state index contributed by atoms with van der Waals surface area (Å²) in [5.41, 5.74) is 0.279. The summed E-state index contributed by atoms with van der Waals surface area (Å²) < 4.78 is 0. The Kier molecular flexibility index (Phi) is 5.04. The van der Waals surface area contributed by atoms with E-state index in [-0.39, 0.29) is 11.4 Å². The highest BCUT2D eigenvalue weighted by Crippen LogP contribution is 2.34. The molecule has 2 aliphatic rings. The second-order valence-electron chi connectivity index (χ2n) is 6.10. The van der Waals surface area contributed by atoms with E-state index in [0.717, 1.165) is 6.42 Å². The molecule has 0 atom stereocenters. The van der Waals surface area contributed by atoms with E-state index in [4.69, 9.17) is 0 Å². The van der Waals surface area contributed by atoms with Crippen molar-refractivity contribution in [3.63, 3.8) is 0 Å². The van der Waals surface area contributed by atoms with Crippen LogP contribution >= 0.6 is 0 Å². The lowest BCUT2D eigenvalue weighted by Crippen LogP contribution is -2.54. The minimum Gasteiger partial charge on any atom is -0.352 e. The molecular formula is C15H28N2O. The van der Waals surface area contributed by atoms with Crippen LogP contribution in [0.4, 0.5) is 0 Å². The summed E-state index contributed by atoms with van der Waals surface area (Å²) in [4.78, 5) is 12.0. The molecule has 3 heteroatoms. The molecule has 0 aromatic heterocycles. The van der Waals surface area contributed by atoms with Crippen molar-refractivity contribution in [3.05, 3.63) is 0 Å². The van der Waals surface area contributed by atoms with Crippen LogP contribution in [-0.2, 0) is 4.79 Å². The first-order valence-electron chi connectivity index (χ1n) is 7.78. The summed E-state index contributed by atoms with van der Waals surface area (Å²) in [6.45, 7) is 2.72. The van der Waals surface area contributed by atoms with Gasteiger partial charge in [0.1, 0.15) is 0 Å². The minimum atomic E-state index is 0.196. The van der Waals surface area contributed by atoms with Crippen molar-refractivity contribution in [2.24, 2.45) is 0 Å². The fourth-order valence-electron chi connectivity index (χ4n) is 3.23. The van der Waals surface area contributed by atoms with Crippen LogP contribution in [0.2, 0.25) is 0 Å². The fourth-order valence-corrected chi connectivity index (χ4v) is 3.23. The first kappa shape index (κ1) is 13.9. The highest BCUT2D eigenvalue weighted by atomic mass is 16.2. The standard InChI is InChI=1S/C15H28N2O/c1-2-15(10-7-11-15)16-12-14(18)17-13-8-5-3-4-6-9-13/h13,16H,2-12H2,1H3,(H,17,18). The Morgan fingerprint density at radius 1 is 1.11 bits per heavy atom. The Morgan fingerprint density at radius 2 is 1.78 bits per heavy atom. The van der Waals surface area contributed by atoms with Crippen LogP contribution in [0.5, 0.6) is 0 Å². The van der Waals surface area contributed by atoms with E-state index in [9.17, 15) is 4.79 Å². The number of carbonyl (C=O) groups excluding carboxylic acids is 1. The van der Waals surface area contributed by atoms with Gasteiger partial charge in [-0.05, 0) is 38.5 Å². The predicted octanol–water partition coefficient (Wildman–Crippen LogP) is 2.75. The lowest BCUT2D eigenvalue weighted by atomic mass is 9.75. The minimum absolute atomic E-state index is 0.196. The maximum absolute atomic E-state index is 12.0. The van der Waals surface area contributed by atoms with Crippen molar-refractivity contribution in [1.82, 2.24) is 10.6 Å². The fraction of sp³-hybridized carbons (Fsp3) is 0.933. The number of rotatable bonds is 5. The molecule has 1 amide bonds. The number of hydrogen-bond donors (Lipinski definition) is 2. The van der Waals surface area contributed by atoms with E-state index in [2.05, 4.69) is 17.6 Å². The van der Waals surface area contributed by atoms with Crippen LogP contribution in [-0.4, -0.2) is 24.0 Å². The summed E-state index contributed by atoms with van der Waals surface area (Å²) >= 11 is 0. The van der Waals surface area contributed by atoms with E-state index in [1.165, 1.54) is 57.8 Å². The van der Waals surface area contributed by atoms with Crippen LogP contribution in [0, 0.1) is 0 Å². The van der Waals surface area contributed by atoms with Gasteiger partial charge in [-0.2, -0.15) is 0 Å². The molecule has 0 unspecified atom stereocenters. The van der Waals surface area contributed by atoms with E-state index in [1.807, 2.05) is 0 Å². The first-order valence-corrected chi connectivity index (χ1v) is 7.78. The third-order valence-corrected chi connectivity index (χ3v) is 4.83. The molecule has 0 heterocycles. The summed E-state index contributed by atoms with van der Waals surface area (Å²) in [5.74, 6) is 0.196. The second-order valence-corrected chi connectivity index (χ2v) is 6.10. The Balaban J connectivity index is 1.68. The largest absolute Gasteiger partial charge is 0.352 e. The third-order valence-electron chi connectivity index (χ3n) is 4.83. The lowest BCUT2D eigenvalue weighted by molar-refractivity contribution is -0.121. The average molecular weight is 252 g/mol. The Morgan fingerprint density at radius 3 is 2.28 bits per heavy atom. The Labute approximate surface area is 111 Å². The molecule has 0 saturated heterocycles. The maximum Gasteiger partial charge on any atom is 0.234 e. The van der Waals surface area contributed by atoms with Gasteiger partial charge in [0.05, 0.1) is 6.54 Å². The Hall–Kier alpha value is -0.570. The molecule has 2 N–H and O–H groups in total. The quantitative estimate of drug-likeness (QED) is 0.739. The molecule has 0 spiro atoms. The highest BCUT2D eigenvalue weighted by molar-refractivity contribution is 5.78. The summed E-state index contributed by atoms with van der Waals surface area (Å²) in [7, 11) is 0. The van der Waals surface area contributed by atoms with Gasteiger partial charge in [0.2, 0.25) is 5.91 Å². The SMILES string of the molecule is CCC1(NCC(=O)NC2CCCCCC2)CCC1. The zero-order valence-electron chi connectivity index (χ0n) is 11.8. The van der Waals surface area contributed by atoms with Crippen molar-refractivity contribution in [2.75, 3.05) is 6.54 Å². The van der Waals surface area contributed by atoms with Crippen LogP contribution in [0.15, 0.2) is 0 Å². The van der Waals surface area contributed by atoms with Crippen molar-refractivity contribution < 1.29 is 4.79 Å². The lowest BCUT2D eigenvalue weighted by Gasteiger charge is -2.42. The van der Waals surface area contributed by atoms with E-state index in [1.54, 1.807) is 0 Å². The third kappa shape index (κ3) is 3.71. The number of carbonyl (C=O) groups is 1. The van der Waals surface area contributed by atoms with Crippen molar-refractivity contribution in [3.8, 4) is 0 Å². The van der Waals surface area contributed by atoms with Crippen LogP contribution in [0.3, 0.4) is 0 Å². The monoisotopic (exact) mass is 252 g/mol. The van der Waals surface area contributed by atoms with E-state index >= 15 is 0 Å². The smallest absolute Gasteiger partial charge is 0.234 e. The van der Waals surface area contributed by atoms with Gasteiger partial charge in [0.25, 0.3) is 0 Å². The molecule has 0 radical (unpaired) electrons. The van der Waals surface area contributed by atoms with Crippen LogP contribution < -0.4 is 10.6 Å². The van der Waals surface area contributed by atoms with E-state index < -0.39 is 0 Å². The summed E-state index contributed by atoms with van der Waals surface area (Å²) in [6.07, 6.45) is 12.5. The Bertz CT molecular complexity index is 260. The van der Waals surface area contributed by atoms with Crippen LogP contribution in [0.1, 0.15) is 71.1 Å². The molecule has 0 aliphatic heterocycles. The zero-order valence-corrected chi connectivity index (χ0v) is 11.8. The van der Waals surface area contributed by atoms with Gasteiger partial charge in [-0.1, -0.05) is 32.6 Å². The van der Waals surface area contributed by atoms with Gasteiger partial charge in [0, 0.05) is 11.6 Å². The van der Waals surface area contributed by atoms with Gasteiger partial charge in [-0.25, -0.2) is 0 Å². The van der Waals surface area contributed by atoms with Gasteiger partial charge in [-0.3, -0.25) is 4.79 Å². The molecule has 2 aliphatic carbocycles. The zero-order chi connectivity index (χ0) is 12.8. The normalized spacial score (nSPS) is 24.1. The molecule has 0 aromatic carbocycles. The van der Waals surface area contributed by atoms with Gasteiger partial charge in [-0.15, -0.1) is 0 Å². The summed E-state index contributed by atoms with van der Waals surface area (Å²) in [5, 5.41) is 6.68. The molecular weight excluding hydrogens is 224 g/mol.